The average molecular weight is 301 g/mol. The molecule has 1 fully saturated rings. The van der Waals surface area contributed by atoms with E-state index in [0.717, 1.165) is 18.6 Å². The Balaban J connectivity index is 1.66. The SMILES string of the molecule is CC(Oc1ccccc1)C(=O)N(Cc1ccsc1)C1CC1. The first-order valence-corrected chi connectivity index (χ1v) is 8.21. The molecule has 21 heavy (non-hydrogen) atoms. The van der Waals surface area contributed by atoms with Crippen molar-refractivity contribution in [2.24, 2.45) is 0 Å². The van der Waals surface area contributed by atoms with Gasteiger partial charge in [0.05, 0.1) is 0 Å². The lowest BCUT2D eigenvalue weighted by atomic mass is 10.2. The molecule has 110 valence electrons. The summed E-state index contributed by atoms with van der Waals surface area (Å²) in [6, 6.07) is 12.0. The van der Waals surface area contributed by atoms with Crippen LogP contribution in [0.3, 0.4) is 0 Å². The molecule has 4 heteroatoms. The number of amides is 1. The van der Waals surface area contributed by atoms with Gasteiger partial charge in [-0.3, -0.25) is 4.79 Å². The minimum Gasteiger partial charge on any atom is -0.481 e. The van der Waals surface area contributed by atoms with Crippen LogP contribution in [0.1, 0.15) is 25.3 Å². The zero-order valence-corrected chi connectivity index (χ0v) is 12.9. The lowest BCUT2D eigenvalue weighted by Crippen LogP contribution is -2.41. The lowest BCUT2D eigenvalue weighted by molar-refractivity contribution is -0.139. The Morgan fingerprint density at radius 1 is 1.33 bits per heavy atom. The summed E-state index contributed by atoms with van der Waals surface area (Å²) in [6.45, 7) is 2.52. The van der Waals surface area contributed by atoms with Gasteiger partial charge in [0.1, 0.15) is 5.75 Å². The molecular formula is C17H19NO2S. The molecule has 3 nitrogen and oxygen atoms in total. The minimum absolute atomic E-state index is 0.0764. The molecule has 1 saturated carbocycles. The molecule has 0 radical (unpaired) electrons. The van der Waals surface area contributed by atoms with Gasteiger partial charge in [0.15, 0.2) is 6.10 Å². The molecule has 1 atom stereocenters. The Hall–Kier alpha value is -1.81. The van der Waals surface area contributed by atoms with E-state index in [9.17, 15) is 4.79 Å². The van der Waals surface area contributed by atoms with Gasteiger partial charge in [-0.2, -0.15) is 11.3 Å². The molecule has 1 heterocycles. The molecule has 1 unspecified atom stereocenters. The van der Waals surface area contributed by atoms with Crippen molar-refractivity contribution in [3.63, 3.8) is 0 Å². The molecule has 1 aliphatic carbocycles. The summed E-state index contributed by atoms with van der Waals surface area (Å²) in [7, 11) is 0. The van der Waals surface area contributed by atoms with Gasteiger partial charge < -0.3 is 9.64 Å². The number of para-hydroxylation sites is 1. The molecular weight excluding hydrogens is 282 g/mol. The maximum absolute atomic E-state index is 12.7. The summed E-state index contributed by atoms with van der Waals surface area (Å²) >= 11 is 1.67. The zero-order valence-electron chi connectivity index (χ0n) is 12.1. The largest absolute Gasteiger partial charge is 0.481 e. The lowest BCUT2D eigenvalue weighted by Gasteiger charge is -2.25. The highest BCUT2D eigenvalue weighted by Gasteiger charge is 2.35. The predicted molar refractivity (Wildman–Crippen MR) is 84.4 cm³/mol. The van der Waals surface area contributed by atoms with Crippen molar-refractivity contribution in [3.05, 3.63) is 52.7 Å². The third kappa shape index (κ3) is 3.64. The zero-order chi connectivity index (χ0) is 14.7. The summed E-state index contributed by atoms with van der Waals surface area (Å²) in [5, 5.41) is 4.15. The van der Waals surface area contributed by atoms with Crippen molar-refractivity contribution in [1.29, 1.82) is 0 Å². The standard InChI is InChI=1S/C17H19NO2S/c1-13(20-16-5-3-2-4-6-16)17(19)18(15-7-8-15)11-14-9-10-21-12-14/h2-6,9-10,12-13,15H,7-8,11H2,1H3. The average Bonchev–Trinajstić information content (AvgIpc) is 3.21. The van der Waals surface area contributed by atoms with Crippen LogP contribution in [0, 0.1) is 0 Å². The maximum atomic E-state index is 12.7. The van der Waals surface area contributed by atoms with Crippen LogP contribution in [0.2, 0.25) is 0 Å². The first-order chi connectivity index (χ1) is 10.2. The van der Waals surface area contributed by atoms with E-state index in [4.69, 9.17) is 4.74 Å². The van der Waals surface area contributed by atoms with Crippen molar-refractivity contribution in [2.45, 2.75) is 38.5 Å². The normalized spacial score (nSPS) is 15.5. The summed E-state index contributed by atoms with van der Waals surface area (Å²) in [4.78, 5) is 14.6. The molecule has 0 spiro atoms. The minimum atomic E-state index is -0.452. The molecule has 1 amide bonds. The number of rotatable bonds is 6. The second kappa shape index (κ2) is 6.31. The van der Waals surface area contributed by atoms with E-state index in [1.165, 1.54) is 5.56 Å². The highest BCUT2D eigenvalue weighted by Crippen LogP contribution is 2.29. The van der Waals surface area contributed by atoms with Crippen molar-refractivity contribution in [2.75, 3.05) is 0 Å². The van der Waals surface area contributed by atoms with Crippen LogP contribution in [-0.2, 0) is 11.3 Å². The molecule has 1 aliphatic rings. The highest BCUT2D eigenvalue weighted by molar-refractivity contribution is 7.07. The van der Waals surface area contributed by atoms with E-state index in [-0.39, 0.29) is 5.91 Å². The summed E-state index contributed by atoms with van der Waals surface area (Å²) in [5.41, 5.74) is 1.20. The van der Waals surface area contributed by atoms with E-state index in [2.05, 4.69) is 16.8 Å². The molecule has 1 aromatic carbocycles. The topological polar surface area (TPSA) is 29.5 Å². The van der Waals surface area contributed by atoms with Gasteiger partial charge in [-0.25, -0.2) is 0 Å². The second-order valence-electron chi connectivity index (χ2n) is 5.40. The smallest absolute Gasteiger partial charge is 0.263 e. The summed E-state index contributed by atoms with van der Waals surface area (Å²) in [5.74, 6) is 0.817. The molecule has 0 bridgehead atoms. The van der Waals surface area contributed by atoms with Crippen LogP contribution in [0.4, 0.5) is 0 Å². The van der Waals surface area contributed by atoms with Crippen LogP contribution < -0.4 is 4.74 Å². The number of carbonyl (C=O) groups is 1. The Kier molecular flexibility index (Phi) is 4.25. The van der Waals surface area contributed by atoms with E-state index >= 15 is 0 Å². The van der Waals surface area contributed by atoms with Gasteiger partial charge in [-0.1, -0.05) is 18.2 Å². The number of hydrogen-bond acceptors (Lipinski definition) is 3. The van der Waals surface area contributed by atoms with Gasteiger partial charge in [0, 0.05) is 12.6 Å². The van der Waals surface area contributed by atoms with Gasteiger partial charge in [0.25, 0.3) is 5.91 Å². The maximum Gasteiger partial charge on any atom is 0.263 e. The van der Waals surface area contributed by atoms with Crippen molar-refractivity contribution in [3.8, 4) is 5.75 Å². The number of hydrogen-bond donors (Lipinski definition) is 0. The van der Waals surface area contributed by atoms with Gasteiger partial charge >= 0.3 is 0 Å². The number of carbonyl (C=O) groups excluding carboxylic acids is 1. The number of benzene rings is 1. The van der Waals surface area contributed by atoms with E-state index in [1.807, 2.05) is 42.2 Å². The molecule has 3 rings (SSSR count). The van der Waals surface area contributed by atoms with Crippen molar-refractivity contribution < 1.29 is 9.53 Å². The van der Waals surface area contributed by atoms with Crippen LogP contribution in [0.25, 0.3) is 0 Å². The number of nitrogens with zero attached hydrogens (tertiary/aromatic N) is 1. The highest BCUT2D eigenvalue weighted by atomic mass is 32.1. The van der Waals surface area contributed by atoms with Gasteiger partial charge in [-0.05, 0) is 54.3 Å². The van der Waals surface area contributed by atoms with E-state index in [0.29, 0.717) is 12.6 Å². The van der Waals surface area contributed by atoms with Crippen molar-refractivity contribution in [1.82, 2.24) is 4.90 Å². The fourth-order valence-electron chi connectivity index (χ4n) is 2.34. The fourth-order valence-corrected chi connectivity index (χ4v) is 3.00. The molecule has 0 aliphatic heterocycles. The quantitative estimate of drug-likeness (QED) is 0.814. The van der Waals surface area contributed by atoms with E-state index < -0.39 is 6.10 Å². The summed E-state index contributed by atoms with van der Waals surface area (Å²) < 4.78 is 5.77. The van der Waals surface area contributed by atoms with Crippen LogP contribution in [0.15, 0.2) is 47.2 Å². The Morgan fingerprint density at radius 3 is 2.71 bits per heavy atom. The van der Waals surface area contributed by atoms with Gasteiger partial charge in [0.2, 0.25) is 0 Å². The molecule has 2 aromatic rings. The van der Waals surface area contributed by atoms with Crippen LogP contribution in [-0.4, -0.2) is 23.0 Å². The van der Waals surface area contributed by atoms with Crippen molar-refractivity contribution >= 4 is 17.2 Å². The third-order valence-electron chi connectivity index (χ3n) is 3.61. The number of ether oxygens (including phenoxy) is 1. The Morgan fingerprint density at radius 2 is 2.10 bits per heavy atom. The van der Waals surface area contributed by atoms with E-state index in [1.54, 1.807) is 11.3 Å². The monoisotopic (exact) mass is 301 g/mol. The first kappa shape index (κ1) is 14.1. The molecule has 1 aromatic heterocycles. The fraction of sp³-hybridized carbons (Fsp3) is 0.353. The van der Waals surface area contributed by atoms with Gasteiger partial charge in [-0.15, -0.1) is 0 Å². The molecule has 0 N–H and O–H groups in total. The first-order valence-electron chi connectivity index (χ1n) is 7.27. The Labute approximate surface area is 129 Å². The van der Waals surface area contributed by atoms with Crippen LogP contribution in [0.5, 0.6) is 5.75 Å². The summed E-state index contributed by atoms with van der Waals surface area (Å²) in [6.07, 6.45) is 1.76. The second-order valence-corrected chi connectivity index (χ2v) is 6.18. The predicted octanol–water partition coefficient (Wildman–Crippen LogP) is 3.71. The molecule has 0 saturated heterocycles. The third-order valence-corrected chi connectivity index (χ3v) is 4.34. The van der Waals surface area contributed by atoms with Crippen LogP contribution >= 0.6 is 11.3 Å². The number of thiophene rings is 1. The Bertz CT molecular complexity index is 578.